The van der Waals surface area contributed by atoms with E-state index in [9.17, 15) is 13.2 Å². The van der Waals surface area contributed by atoms with Crippen LogP contribution in [0.4, 0.5) is 13.2 Å². The Kier molecular flexibility index (Phi) is 4.39. The Hall–Kier alpha value is -1.07. The highest BCUT2D eigenvalue weighted by atomic mass is 19.4. The first kappa shape index (κ1) is 15.3. The Morgan fingerprint density at radius 2 is 2.05 bits per heavy atom. The van der Waals surface area contributed by atoms with E-state index in [2.05, 4.69) is 5.32 Å². The number of ether oxygens (including phenoxy) is 1. The van der Waals surface area contributed by atoms with Crippen LogP contribution in [0.1, 0.15) is 42.9 Å². The van der Waals surface area contributed by atoms with Gasteiger partial charge in [0, 0.05) is 13.2 Å². The van der Waals surface area contributed by atoms with Gasteiger partial charge in [-0.25, -0.2) is 0 Å². The molecule has 1 aromatic rings. The summed E-state index contributed by atoms with van der Waals surface area (Å²) < 4.78 is 43.9. The Balaban J connectivity index is 2.19. The van der Waals surface area contributed by atoms with Gasteiger partial charge in [0.1, 0.15) is 0 Å². The fourth-order valence-corrected chi connectivity index (χ4v) is 2.75. The van der Waals surface area contributed by atoms with Crippen LogP contribution >= 0.6 is 0 Å². The summed E-state index contributed by atoms with van der Waals surface area (Å²) in [4.78, 5) is 0. The van der Waals surface area contributed by atoms with Gasteiger partial charge in [-0.1, -0.05) is 12.1 Å². The van der Waals surface area contributed by atoms with Crippen molar-refractivity contribution in [1.82, 2.24) is 5.32 Å². The number of benzene rings is 1. The van der Waals surface area contributed by atoms with E-state index in [1.54, 1.807) is 20.2 Å². The van der Waals surface area contributed by atoms with Crippen molar-refractivity contribution in [1.29, 1.82) is 0 Å². The van der Waals surface area contributed by atoms with Crippen molar-refractivity contribution in [3.63, 3.8) is 0 Å². The molecule has 1 N–H and O–H groups in total. The van der Waals surface area contributed by atoms with Crippen LogP contribution in [0.15, 0.2) is 24.3 Å². The molecule has 2 rings (SSSR count). The van der Waals surface area contributed by atoms with Crippen LogP contribution in [0.25, 0.3) is 0 Å². The predicted molar refractivity (Wildman–Crippen MR) is 71.5 cm³/mol. The van der Waals surface area contributed by atoms with E-state index in [4.69, 9.17) is 4.74 Å². The lowest BCUT2D eigenvalue weighted by Gasteiger charge is -2.43. The molecule has 0 radical (unpaired) electrons. The van der Waals surface area contributed by atoms with Crippen molar-refractivity contribution in [3.8, 4) is 0 Å². The number of hydrogen-bond donors (Lipinski definition) is 1. The summed E-state index contributed by atoms with van der Waals surface area (Å²) in [5.74, 6) is 0. The minimum atomic E-state index is -4.30. The molecule has 20 heavy (non-hydrogen) atoms. The minimum Gasteiger partial charge on any atom is -0.378 e. The second-order valence-corrected chi connectivity index (χ2v) is 5.41. The molecule has 0 aliphatic heterocycles. The van der Waals surface area contributed by atoms with Crippen molar-refractivity contribution in [2.24, 2.45) is 0 Å². The molecule has 0 spiro atoms. The molecule has 0 saturated heterocycles. The molecule has 1 aliphatic rings. The molecule has 1 unspecified atom stereocenters. The van der Waals surface area contributed by atoms with E-state index in [1.165, 1.54) is 12.1 Å². The Labute approximate surface area is 117 Å². The molecule has 0 bridgehead atoms. The Morgan fingerprint density at radius 3 is 2.50 bits per heavy atom. The van der Waals surface area contributed by atoms with Gasteiger partial charge in [0.25, 0.3) is 0 Å². The van der Waals surface area contributed by atoms with Crippen LogP contribution in [0.2, 0.25) is 0 Å². The van der Waals surface area contributed by atoms with Gasteiger partial charge in [-0.2, -0.15) is 13.2 Å². The van der Waals surface area contributed by atoms with Crippen LogP contribution in [-0.2, 0) is 10.9 Å². The monoisotopic (exact) mass is 287 g/mol. The third-order valence-electron chi connectivity index (χ3n) is 4.24. The number of rotatable bonds is 5. The largest absolute Gasteiger partial charge is 0.416 e. The molecule has 1 atom stereocenters. The molecule has 1 saturated carbocycles. The smallest absolute Gasteiger partial charge is 0.378 e. The molecular formula is C15H20F3NO. The molecule has 1 aromatic carbocycles. The average molecular weight is 287 g/mol. The predicted octanol–water partition coefficient (Wildman–Crippen LogP) is 3.93. The van der Waals surface area contributed by atoms with E-state index >= 15 is 0 Å². The third kappa shape index (κ3) is 3.15. The fourth-order valence-electron chi connectivity index (χ4n) is 2.75. The number of alkyl halides is 3. The Morgan fingerprint density at radius 1 is 1.35 bits per heavy atom. The molecular weight excluding hydrogens is 267 g/mol. The lowest BCUT2D eigenvalue weighted by atomic mass is 9.74. The van der Waals surface area contributed by atoms with Gasteiger partial charge in [0.2, 0.25) is 0 Å². The molecule has 112 valence electrons. The zero-order chi connectivity index (χ0) is 14.8. The SMILES string of the molecule is CNC(CC1(OC)CCC1)c1cccc(C(F)(F)F)c1. The topological polar surface area (TPSA) is 21.3 Å². The summed E-state index contributed by atoms with van der Waals surface area (Å²) in [6, 6.07) is 5.40. The van der Waals surface area contributed by atoms with Gasteiger partial charge in [0.05, 0.1) is 11.2 Å². The first-order valence-corrected chi connectivity index (χ1v) is 6.80. The van der Waals surface area contributed by atoms with E-state index < -0.39 is 11.7 Å². The van der Waals surface area contributed by atoms with E-state index in [-0.39, 0.29) is 11.6 Å². The second kappa shape index (κ2) is 5.74. The Bertz CT molecular complexity index is 449. The first-order chi connectivity index (χ1) is 9.40. The van der Waals surface area contributed by atoms with Crippen LogP contribution in [0.3, 0.4) is 0 Å². The number of hydrogen-bond acceptors (Lipinski definition) is 2. The second-order valence-electron chi connectivity index (χ2n) is 5.41. The highest BCUT2D eigenvalue weighted by Crippen LogP contribution is 2.42. The summed E-state index contributed by atoms with van der Waals surface area (Å²) in [5, 5.41) is 3.11. The highest BCUT2D eigenvalue weighted by molar-refractivity contribution is 5.28. The number of methoxy groups -OCH3 is 1. The first-order valence-electron chi connectivity index (χ1n) is 6.80. The number of halogens is 3. The minimum absolute atomic E-state index is 0.127. The lowest BCUT2D eigenvalue weighted by molar-refractivity contribution is -0.137. The molecule has 5 heteroatoms. The maximum atomic E-state index is 12.8. The van der Waals surface area contributed by atoms with E-state index in [1.807, 2.05) is 0 Å². The quantitative estimate of drug-likeness (QED) is 0.886. The molecule has 1 aliphatic carbocycles. The molecule has 2 nitrogen and oxygen atoms in total. The zero-order valence-electron chi connectivity index (χ0n) is 11.8. The lowest BCUT2D eigenvalue weighted by Crippen LogP contribution is -2.42. The summed E-state index contributed by atoms with van der Waals surface area (Å²) in [7, 11) is 3.45. The van der Waals surface area contributed by atoms with Crippen molar-refractivity contribution in [3.05, 3.63) is 35.4 Å². The van der Waals surface area contributed by atoms with Gasteiger partial charge < -0.3 is 10.1 Å². The molecule has 0 amide bonds. The third-order valence-corrected chi connectivity index (χ3v) is 4.24. The van der Waals surface area contributed by atoms with E-state index in [0.717, 1.165) is 25.3 Å². The normalized spacial score (nSPS) is 19.4. The summed E-state index contributed by atoms with van der Waals surface area (Å²) in [5.41, 5.74) is -0.122. The van der Waals surface area contributed by atoms with Crippen LogP contribution in [0, 0.1) is 0 Å². The summed E-state index contributed by atoms with van der Waals surface area (Å²) in [6.07, 6.45) is -0.542. The molecule has 0 heterocycles. The van der Waals surface area contributed by atoms with Crippen molar-refractivity contribution >= 4 is 0 Å². The summed E-state index contributed by atoms with van der Waals surface area (Å²) in [6.45, 7) is 0. The van der Waals surface area contributed by atoms with Crippen molar-refractivity contribution in [2.45, 2.75) is 43.5 Å². The average Bonchev–Trinajstić information content (AvgIpc) is 2.38. The number of nitrogens with one attached hydrogen (secondary N) is 1. The maximum absolute atomic E-state index is 12.8. The van der Waals surface area contributed by atoms with Crippen molar-refractivity contribution < 1.29 is 17.9 Å². The van der Waals surface area contributed by atoms with E-state index in [0.29, 0.717) is 12.0 Å². The van der Waals surface area contributed by atoms with Gasteiger partial charge in [-0.05, 0) is 50.4 Å². The van der Waals surface area contributed by atoms with Gasteiger partial charge >= 0.3 is 6.18 Å². The zero-order valence-corrected chi connectivity index (χ0v) is 11.8. The fraction of sp³-hybridized carbons (Fsp3) is 0.600. The van der Waals surface area contributed by atoms with Crippen LogP contribution in [-0.4, -0.2) is 19.8 Å². The molecule has 0 aromatic heterocycles. The van der Waals surface area contributed by atoms with Gasteiger partial charge in [-0.3, -0.25) is 0 Å². The highest BCUT2D eigenvalue weighted by Gasteiger charge is 2.39. The maximum Gasteiger partial charge on any atom is 0.416 e. The molecule has 1 fully saturated rings. The summed E-state index contributed by atoms with van der Waals surface area (Å²) >= 11 is 0. The van der Waals surface area contributed by atoms with Gasteiger partial charge in [0.15, 0.2) is 0 Å². The standard InChI is InChI=1S/C15H20F3NO/c1-19-13(10-14(20-2)7-4-8-14)11-5-3-6-12(9-11)15(16,17)18/h3,5-6,9,13,19H,4,7-8,10H2,1-2H3. The van der Waals surface area contributed by atoms with Crippen LogP contribution < -0.4 is 5.32 Å². The van der Waals surface area contributed by atoms with Crippen LogP contribution in [0.5, 0.6) is 0 Å². The van der Waals surface area contributed by atoms with Crippen molar-refractivity contribution in [2.75, 3.05) is 14.2 Å². The van der Waals surface area contributed by atoms with Gasteiger partial charge in [-0.15, -0.1) is 0 Å².